The number of aryl methyl sites for hydroxylation is 1. The molecule has 0 aliphatic heterocycles. The standard InChI is InChI=1S/C13H9.C10H17Si.C8H8.Zr/c1-3-7-12-10(5-1)9-11-6-2-4-8-13(11)12;1-8-6-9(2)10(7-8)11(3,4)5;1-7-3-5-8(2)6-4-7;/h1-5,7-8H,9H2;7-8H,1-5H3;1,3-6H,2H3;/q2*-1;;+2. The van der Waals surface area contributed by atoms with E-state index in [4.69, 9.17) is 0 Å². The second-order valence-electron chi connectivity index (χ2n) is 9.84. The van der Waals surface area contributed by atoms with E-state index >= 15 is 0 Å². The maximum atomic E-state index is 3.43. The van der Waals surface area contributed by atoms with Crippen molar-refractivity contribution in [3.05, 3.63) is 118 Å². The van der Waals surface area contributed by atoms with Gasteiger partial charge in [-0.3, -0.25) is 6.08 Å². The molecule has 2 aliphatic carbocycles. The quantitative estimate of drug-likeness (QED) is 0.184. The number of benzene rings is 3. The minimum absolute atomic E-state index is 0.553. The molecule has 1 atom stereocenters. The molecule has 2 heteroatoms. The number of hydrogen-bond acceptors (Lipinski definition) is 0. The molecule has 0 N–H and O–H groups in total. The van der Waals surface area contributed by atoms with Gasteiger partial charge in [-0.1, -0.05) is 74.8 Å². The van der Waals surface area contributed by atoms with Gasteiger partial charge < -0.3 is 0 Å². The molecule has 0 saturated heterocycles. The van der Waals surface area contributed by atoms with Gasteiger partial charge in [-0.15, -0.1) is 5.56 Å². The normalized spacial score (nSPS) is 15.7. The molecule has 0 fully saturated rings. The van der Waals surface area contributed by atoms with Crippen LogP contribution in [0.25, 0.3) is 11.1 Å². The van der Waals surface area contributed by atoms with Crippen LogP contribution in [-0.4, -0.2) is 11.8 Å². The van der Waals surface area contributed by atoms with Crippen molar-refractivity contribution in [1.82, 2.24) is 0 Å². The molecule has 5 rings (SSSR count). The van der Waals surface area contributed by atoms with Crippen LogP contribution >= 0.6 is 0 Å². The molecule has 2 aliphatic rings. The van der Waals surface area contributed by atoms with Crippen molar-refractivity contribution < 1.29 is 24.2 Å². The van der Waals surface area contributed by atoms with Gasteiger partial charge in [-0.2, -0.15) is 35.9 Å². The van der Waals surface area contributed by atoms with Gasteiger partial charge >= 0.3 is 70.3 Å². The molecule has 1 unspecified atom stereocenters. The maximum Gasteiger partial charge on any atom is -0.0253 e. The van der Waals surface area contributed by atoms with Crippen LogP contribution in [0.2, 0.25) is 19.6 Å². The van der Waals surface area contributed by atoms with Gasteiger partial charge in [-0.25, -0.2) is 10.8 Å². The zero-order chi connectivity index (χ0) is 24.0. The molecule has 0 spiro atoms. The Morgan fingerprint density at radius 3 is 2.15 bits per heavy atom. The zero-order valence-corrected chi connectivity index (χ0v) is 24.2. The maximum absolute atomic E-state index is 3.43. The van der Waals surface area contributed by atoms with Crippen LogP contribution in [-0.2, 0) is 30.7 Å². The van der Waals surface area contributed by atoms with E-state index in [2.05, 4.69) is 123 Å². The van der Waals surface area contributed by atoms with Crippen LogP contribution < -0.4 is 0 Å². The SMILES string of the molecule is CC1=[C-]C(C)C=C1[Si](C)(C)C.Cc1ccc([CH]=[Zr+2])cc1.[c-]1cccc2c1Cc1ccccc1-2. The van der Waals surface area contributed by atoms with Crippen molar-refractivity contribution in [2.45, 2.75) is 46.8 Å². The Labute approximate surface area is 216 Å². The van der Waals surface area contributed by atoms with Crippen LogP contribution in [0.3, 0.4) is 0 Å². The van der Waals surface area contributed by atoms with Crippen molar-refractivity contribution >= 4 is 11.8 Å². The minimum atomic E-state index is -1.07. The third-order valence-corrected chi connectivity index (χ3v) is 8.91. The van der Waals surface area contributed by atoms with Crippen molar-refractivity contribution in [2.24, 2.45) is 5.92 Å². The fourth-order valence-corrected chi connectivity index (χ4v) is 6.73. The van der Waals surface area contributed by atoms with E-state index in [-0.39, 0.29) is 0 Å². The average Bonchev–Trinajstić information content (AvgIpc) is 3.34. The first-order chi connectivity index (χ1) is 15.7. The molecule has 0 aromatic heterocycles. The second kappa shape index (κ2) is 11.5. The molecule has 3 aromatic carbocycles. The van der Waals surface area contributed by atoms with Gasteiger partial charge in [0.1, 0.15) is 0 Å². The molecule has 0 radical (unpaired) electrons. The molecule has 0 amide bonds. The molecular formula is C31H34SiZr. The first-order valence-corrected chi connectivity index (χ1v) is 16.6. The van der Waals surface area contributed by atoms with E-state index in [1.165, 1.54) is 63.2 Å². The van der Waals surface area contributed by atoms with Gasteiger partial charge in [0.2, 0.25) is 0 Å². The van der Waals surface area contributed by atoms with Crippen LogP contribution in [0.15, 0.2) is 83.6 Å². The summed E-state index contributed by atoms with van der Waals surface area (Å²) in [6.45, 7) is 13.7. The predicted octanol–water partition coefficient (Wildman–Crippen LogP) is 7.94. The van der Waals surface area contributed by atoms with Crippen LogP contribution in [0, 0.1) is 25.0 Å². The molecule has 166 valence electrons. The van der Waals surface area contributed by atoms with Crippen molar-refractivity contribution in [1.29, 1.82) is 0 Å². The number of rotatable bonds is 2. The fourth-order valence-electron chi connectivity index (χ4n) is 4.31. The minimum Gasteiger partial charge on any atom is -0.179 e. The summed E-state index contributed by atoms with van der Waals surface area (Å²) >= 11 is 1.47. The first-order valence-electron chi connectivity index (χ1n) is 11.7. The summed E-state index contributed by atoms with van der Waals surface area (Å²) in [6.07, 6.45) is 6.86. The molecule has 0 bridgehead atoms. The smallest absolute Gasteiger partial charge is 0.0253 e. The summed E-state index contributed by atoms with van der Waals surface area (Å²) in [6, 6.07) is 26.7. The molecule has 0 nitrogen and oxygen atoms in total. The van der Waals surface area contributed by atoms with E-state index in [0.717, 1.165) is 6.42 Å². The number of hydrogen-bond donors (Lipinski definition) is 0. The monoisotopic (exact) mass is 524 g/mol. The topological polar surface area (TPSA) is 0 Å². The van der Waals surface area contributed by atoms with Crippen LogP contribution in [0.1, 0.15) is 36.1 Å². The molecule has 0 saturated carbocycles. The van der Waals surface area contributed by atoms with E-state index in [1.807, 2.05) is 6.07 Å². The van der Waals surface area contributed by atoms with Crippen LogP contribution in [0.4, 0.5) is 0 Å². The van der Waals surface area contributed by atoms with Gasteiger partial charge in [0.05, 0.1) is 0 Å². The zero-order valence-electron chi connectivity index (χ0n) is 20.8. The first kappa shape index (κ1) is 25.7. The van der Waals surface area contributed by atoms with Gasteiger partial charge in [-0.05, 0) is 14.5 Å². The summed E-state index contributed by atoms with van der Waals surface area (Å²) in [5, 5.41) is 1.60. The second-order valence-corrected chi connectivity index (χ2v) is 15.6. The molecule has 3 aromatic rings. The van der Waals surface area contributed by atoms with E-state index in [9.17, 15) is 0 Å². The van der Waals surface area contributed by atoms with E-state index in [0.29, 0.717) is 5.92 Å². The van der Waals surface area contributed by atoms with Crippen molar-refractivity contribution in [3.8, 4) is 11.1 Å². The third-order valence-electron chi connectivity index (χ3n) is 5.93. The van der Waals surface area contributed by atoms with Gasteiger partial charge in [0.15, 0.2) is 0 Å². The summed E-state index contributed by atoms with van der Waals surface area (Å²) in [5.41, 5.74) is 9.57. The average molecular weight is 526 g/mol. The van der Waals surface area contributed by atoms with Crippen molar-refractivity contribution in [2.75, 3.05) is 0 Å². The number of fused-ring (bicyclic) bond motifs is 3. The molecule has 0 heterocycles. The van der Waals surface area contributed by atoms with Gasteiger partial charge in [0, 0.05) is 0 Å². The Bertz CT molecular complexity index is 1120. The predicted molar refractivity (Wildman–Crippen MR) is 143 cm³/mol. The summed E-state index contributed by atoms with van der Waals surface area (Å²) in [5.74, 6) is 0.553. The van der Waals surface area contributed by atoms with E-state index in [1.54, 1.807) is 5.20 Å². The Morgan fingerprint density at radius 1 is 0.909 bits per heavy atom. The van der Waals surface area contributed by atoms with Crippen LogP contribution in [0.5, 0.6) is 0 Å². The van der Waals surface area contributed by atoms with Crippen molar-refractivity contribution in [3.63, 3.8) is 0 Å². The van der Waals surface area contributed by atoms with E-state index < -0.39 is 8.07 Å². The number of allylic oxidation sites excluding steroid dienone is 4. The Kier molecular flexibility index (Phi) is 8.96. The largest absolute Gasteiger partial charge is 0.179 e. The summed E-state index contributed by atoms with van der Waals surface area (Å²) in [7, 11) is -1.07. The third kappa shape index (κ3) is 7.05. The Hall–Kier alpha value is -1.89. The van der Waals surface area contributed by atoms with Gasteiger partial charge in [0.25, 0.3) is 0 Å². The molecule has 33 heavy (non-hydrogen) atoms. The summed E-state index contributed by atoms with van der Waals surface area (Å²) < 4.78 is 2.19. The fraction of sp³-hybridized carbons (Fsp3) is 0.258. The Morgan fingerprint density at radius 2 is 1.58 bits per heavy atom. The summed E-state index contributed by atoms with van der Waals surface area (Å²) in [4.78, 5) is 0. The molecular weight excluding hydrogens is 492 g/mol. The Balaban J connectivity index is 0.000000142.